The van der Waals surface area contributed by atoms with Crippen LogP contribution < -0.4 is 10.6 Å². The molecule has 0 heterocycles. The summed E-state index contributed by atoms with van der Waals surface area (Å²) in [6.45, 7) is 9.95. The maximum atomic E-state index is 3.47. The topological polar surface area (TPSA) is 24.1 Å². The summed E-state index contributed by atoms with van der Waals surface area (Å²) in [6.07, 6.45) is 1.16. The van der Waals surface area contributed by atoms with Crippen LogP contribution in [0.3, 0.4) is 0 Å². The Bertz CT molecular complexity index is 275. The van der Waals surface area contributed by atoms with E-state index in [1.54, 1.807) is 0 Å². The molecular formula is C14H24N2. The van der Waals surface area contributed by atoms with E-state index < -0.39 is 0 Å². The molecule has 0 bridgehead atoms. The van der Waals surface area contributed by atoms with E-state index in [0.29, 0.717) is 5.41 Å². The molecule has 0 aromatic heterocycles. The molecular weight excluding hydrogens is 196 g/mol. The fourth-order valence-electron chi connectivity index (χ4n) is 1.47. The summed E-state index contributed by atoms with van der Waals surface area (Å²) in [5, 5.41) is 6.87. The lowest BCUT2D eigenvalue weighted by Crippen LogP contribution is -2.28. The SMILES string of the molecule is CC(C)(C)CNCCCNc1ccccc1. The molecule has 1 rings (SSSR count). The van der Waals surface area contributed by atoms with Gasteiger partial charge in [-0.25, -0.2) is 0 Å². The lowest BCUT2D eigenvalue weighted by molar-refractivity contribution is 0.380. The zero-order valence-corrected chi connectivity index (χ0v) is 10.7. The second kappa shape index (κ2) is 6.54. The van der Waals surface area contributed by atoms with Crippen molar-refractivity contribution in [1.82, 2.24) is 5.32 Å². The molecule has 0 spiro atoms. The van der Waals surface area contributed by atoms with Crippen molar-refractivity contribution in [3.05, 3.63) is 30.3 Å². The minimum absolute atomic E-state index is 0.382. The summed E-state index contributed by atoms with van der Waals surface area (Å²) in [4.78, 5) is 0. The zero-order valence-electron chi connectivity index (χ0n) is 10.7. The van der Waals surface area contributed by atoms with Gasteiger partial charge in [-0.3, -0.25) is 0 Å². The number of nitrogens with one attached hydrogen (secondary N) is 2. The van der Waals surface area contributed by atoms with E-state index in [-0.39, 0.29) is 0 Å². The first-order valence-corrected chi connectivity index (χ1v) is 6.07. The number of benzene rings is 1. The third kappa shape index (κ3) is 6.46. The molecule has 0 atom stereocenters. The van der Waals surface area contributed by atoms with Crippen molar-refractivity contribution < 1.29 is 0 Å². The highest BCUT2D eigenvalue weighted by Crippen LogP contribution is 2.10. The molecule has 0 saturated heterocycles. The van der Waals surface area contributed by atoms with E-state index in [1.165, 1.54) is 5.69 Å². The summed E-state index contributed by atoms with van der Waals surface area (Å²) >= 11 is 0. The summed E-state index contributed by atoms with van der Waals surface area (Å²) < 4.78 is 0. The highest BCUT2D eigenvalue weighted by Gasteiger charge is 2.07. The van der Waals surface area contributed by atoms with E-state index >= 15 is 0 Å². The zero-order chi connectivity index (χ0) is 11.9. The molecule has 0 amide bonds. The number of rotatable bonds is 6. The molecule has 0 aliphatic heterocycles. The molecule has 1 aromatic carbocycles. The first-order valence-electron chi connectivity index (χ1n) is 6.07. The number of hydrogen-bond acceptors (Lipinski definition) is 2. The van der Waals surface area contributed by atoms with Gasteiger partial charge in [-0.05, 0) is 37.1 Å². The van der Waals surface area contributed by atoms with Gasteiger partial charge < -0.3 is 10.6 Å². The van der Waals surface area contributed by atoms with Crippen LogP contribution in [0.15, 0.2) is 30.3 Å². The molecule has 0 aliphatic carbocycles. The fourth-order valence-corrected chi connectivity index (χ4v) is 1.47. The van der Waals surface area contributed by atoms with Gasteiger partial charge in [0.1, 0.15) is 0 Å². The van der Waals surface area contributed by atoms with E-state index in [1.807, 2.05) is 6.07 Å². The minimum atomic E-state index is 0.382. The quantitative estimate of drug-likeness (QED) is 0.720. The van der Waals surface area contributed by atoms with Gasteiger partial charge in [-0.1, -0.05) is 39.0 Å². The Morgan fingerprint density at radius 3 is 2.31 bits per heavy atom. The van der Waals surface area contributed by atoms with E-state index in [9.17, 15) is 0 Å². The van der Waals surface area contributed by atoms with E-state index in [2.05, 4.69) is 55.7 Å². The average molecular weight is 220 g/mol. The van der Waals surface area contributed by atoms with Gasteiger partial charge in [0, 0.05) is 12.2 Å². The molecule has 0 saturated carbocycles. The lowest BCUT2D eigenvalue weighted by atomic mass is 9.97. The van der Waals surface area contributed by atoms with Crippen molar-refractivity contribution >= 4 is 5.69 Å². The molecule has 0 aliphatic rings. The Labute approximate surface area is 99.5 Å². The van der Waals surface area contributed by atoms with Crippen LogP contribution >= 0.6 is 0 Å². The highest BCUT2D eigenvalue weighted by molar-refractivity contribution is 5.42. The summed E-state index contributed by atoms with van der Waals surface area (Å²) in [5.41, 5.74) is 1.59. The number of anilines is 1. The van der Waals surface area contributed by atoms with Crippen LogP contribution in [-0.2, 0) is 0 Å². The van der Waals surface area contributed by atoms with Crippen molar-refractivity contribution in [1.29, 1.82) is 0 Å². The monoisotopic (exact) mass is 220 g/mol. The standard InChI is InChI=1S/C14H24N2/c1-14(2,3)12-15-10-7-11-16-13-8-5-4-6-9-13/h4-6,8-9,15-16H,7,10-12H2,1-3H3. The maximum absolute atomic E-state index is 3.47. The normalized spacial score (nSPS) is 11.4. The van der Waals surface area contributed by atoms with Gasteiger partial charge in [0.15, 0.2) is 0 Å². The van der Waals surface area contributed by atoms with Crippen molar-refractivity contribution in [2.24, 2.45) is 5.41 Å². The highest BCUT2D eigenvalue weighted by atomic mass is 14.9. The van der Waals surface area contributed by atoms with Crippen molar-refractivity contribution in [2.75, 3.05) is 25.0 Å². The van der Waals surface area contributed by atoms with Crippen LogP contribution in [0.4, 0.5) is 5.69 Å². The summed E-state index contributed by atoms with van der Waals surface area (Å²) in [5.74, 6) is 0. The summed E-state index contributed by atoms with van der Waals surface area (Å²) in [7, 11) is 0. The fraction of sp³-hybridized carbons (Fsp3) is 0.571. The summed E-state index contributed by atoms with van der Waals surface area (Å²) in [6, 6.07) is 10.3. The number of hydrogen-bond donors (Lipinski definition) is 2. The third-order valence-corrected chi connectivity index (χ3v) is 2.29. The molecule has 2 heteroatoms. The van der Waals surface area contributed by atoms with Crippen molar-refractivity contribution in [2.45, 2.75) is 27.2 Å². The maximum Gasteiger partial charge on any atom is 0.0340 e. The molecule has 0 radical (unpaired) electrons. The first kappa shape index (κ1) is 13.0. The Morgan fingerprint density at radius 1 is 1.00 bits per heavy atom. The Hall–Kier alpha value is -1.02. The lowest BCUT2D eigenvalue weighted by Gasteiger charge is -2.18. The second-order valence-corrected chi connectivity index (χ2v) is 5.38. The molecule has 2 nitrogen and oxygen atoms in total. The molecule has 2 N–H and O–H groups in total. The van der Waals surface area contributed by atoms with Crippen LogP contribution in [-0.4, -0.2) is 19.6 Å². The Balaban J connectivity index is 2.01. The number of para-hydroxylation sites is 1. The van der Waals surface area contributed by atoms with Crippen molar-refractivity contribution in [3.8, 4) is 0 Å². The predicted molar refractivity (Wildman–Crippen MR) is 71.9 cm³/mol. The van der Waals surface area contributed by atoms with Gasteiger partial charge in [-0.2, -0.15) is 0 Å². The third-order valence-electron chi connectivity index (χ3n) is 2.29. The van der Waals surface area contributed by atoms with Gasteiger partial charge in [0.05, 0.1) is 0 Å². The van der Waals surface area contributed by atoms with Crippen LogP contribution in [0.25, 0.3) is 0 Å². The van der Waals surface area contributed by atoms with Gasteiger partial charge in [0.2, 0.25) is 0 Å². The van der Waals surface area contributed by atoms with E-state index in [0.717, 1.165) is 26.1 Å². The predicted octanol–water partition coefficient (Wildman–Crippen LogP) is 3.12. The second-order valence-electron chi connectivity index (χ2n) is 5.38. The molecule has 16 heavy (non-hydrogen) atoms. The van der Waals surface area contributed by atoms with Gasteiger partial charge in [-0.15, -0.1) is 0 Å². The first-order chi connectivity index (χ1) is 7.58. The smallest absolute Gasteiger partial charge is 0.0340 e. The van der Waals surface area contributed by atoms with Crippen LogP contribution in [0.5, 0.6) is 0 Å². The molecule has 0 fully saturated rings. The van der Waals surface area contributed by atoms with Crippen LogP contribution in [0, 0.1) is 5.41 Å². The molecule has 1 aromatic rings. The van der Waals surface area contributed by atoms with Gasteiger partial charge >= 0.3 is 0 Å². The van der Waals surface area contributed by atoms with Crippen LogP contribution in [0.1, 0.15) is 27.2 Å². The Kier molecular flexibility index (Phi) is 5.33. The van der Waals surface area contributed by atoms with Gasteiger partial charge in [0.25, 0.3) is 0 Å². The largest absolute Gasteiger partial charge is 0.385 e. The van der Waals surface area contributed by atoms with Crippen LogP contribution in [0.2, 0.25) is 0 Å². The molecule has 90 valence electrons. The minimum Gasteiger partial charge on any atom is -0.385 e. The van der Waals surface area contributed by atoms with E-state index in [4.69, 9.17) is 0 Å². The average Bonchev–Trinajstić information content (AvgIpc) is 2.23. The molecule has 0 unspecified atom stereocenters. The Morgan fingerprint density at radius 2 is 1.69 bits per heavy atom. The van der Waals surface area contributed by atoms with Crippen molar-refractivity contribution in [3.63, 3.8) is 0 Å².